The zero-order chi connectivity index (χ0) is 24.0. The molecule has 1 aromatic carbocycles. The van der Waals surface area contributed by atoms with Gasteiger partial charge in [0, 0.05) is 31.8 Å². The second-order valence-electron chi connectivity index (χ2n) is 7.55. The predicted octanol–water partition coefficient (Wildman–Crippen LogP) is 2.83. The molecular formula is C23H26ClFN4O4. The Morgan fingerprint density at radius 1 is 1.33 bits per heavy atom. The molecule has 1 aliphatic rings. The Morgan fingerprint density at radius 2 is 2.06 bits per heavy atom. The van der Waals surface area contributed by atoms with Crippen molar-refractivity contribution in [3.63, 3.8) is 0 Å². The average molecular weight is 477 g/mol. The number of halogens is 2. The van der Waals surface area contributed by atoms with Crippen molar-refractivity contribution in [2.45, 2.75) is 32.0 Å². The van der Waals surface area contributed by atoms with Crippen LogP contribution in [0.1, 0.15) is 18.4 Å². The Kier molecular flexibility index (Phi) is 8.37. The monoisotopic (exact) mass is 476 g/mol. The number of aliphatic hydroxyl groups excluding tert-OH is 1. The van der Waals surface area contributed by atoms with Crippen LogP contribution in [0.5, 0.6) is 0 Å². The fourth-order valence-electron chi connectivity index (χ4n) is 3.51. The molecule has 2 aromatic rings. The van der Waals surface area contributed by atoms with Crippen LogP contribution in [-0.2, 0) is 24.9 Å². The van der Waals surface area contributed by atoms with Gasteiger partial charge in [0.15, 0.2) is 5.82 Å². The molecule has 3 rings (SSSR count). The van der Waals surface area contributed by atoms with Crippen molar-refractivity contribution < 1.29 is 14.2 Å². The summed E-state index contributed by atoms with van der Waals surface area (Å²) in [5.41, 5.74) is -0.269. The third-order valence-corrected chi connectivity index (χ3v) is 5.53. The summed E-state index contributed by atoms with van der Waals surface area (Å²) in [7, 11) is 1.50. The number of rotatable bonds is 10. The van der Waals surface area contributed by atoms with Crippen LogP contribution in [0.3, 0.4) is 0 Å². The number of allylic oxidation sites excluding steroid dienone is 2. The van der Waals surface area contributed by atoms with Crippen LogP contribution in [0.2, 0.25) is 0 Å². The lowest BCUT2D eigenvalue weighted by Gasteiger charge is -2.28. The first-order valence-corrected chi connectivity index (χ1v) is 10.8. The quantitative estimate of drug-likeness (QED) is 0.421. The van der Waals surface area contributed by atoms with E-state index in [2.05, 4.69) is 11.7 Å². The van der Waals surface area contributed by atoms with Crippen LogP contribution in [0.25, 0.3) is 0 Å². The van der Waals surface area contributed by atoms with E-state index in [1.807, 2.05) is 12.2 Å². The minimum absolute atomic E-state index is 0.00614. The molecule has 0 fully saturated rings. The Hall–Kier alpha value is -3.01. The van der Waals surface area contributed by atoms with Gasteiger partial charge in [-0.1, -0.05) is 35.9 Å². The fraction of sp³-hybridized carbons (Fsp3) is 0.348. The number of nitrogens with zero attached hydrogens (tertiary/aromatic N) is 4. The van der Waals surface area contributed by atoms with Crippen LogP contribution in [0.15, 0.2) is 62.1 Å². The molecule has 0 aliphatic heterocycles. The lowest BCUT2D eigenvalue weighted by Crippen LogP contribution is -2.43. The van der Waals surface area contributed by atoms with Gasteiger partial charge in [0.1, 0.15) is 18.2 Å². The largest absolute Gasteiger partial charge is 0.396 e. The van der Waals surface area contributed by atoms with Gasteiger partial charge in [0.25, 0.3) is 5.56 Å². The van der Waals surface area contributed by atoms with E-state index in [-0.39, 0.29) is 56.3 Å². The Morgan fingerprint density at radius 3 is 2.67 bits per heavy atom. The van der Waals surface area contributed by atoms with Gasteiger partial charge in [-0.05, 0) is 43.3 Å². The van der Waals surface area contributed by atoms with Crippen LogP contribution >= 0.6 is 11.6 Å². The lowest BCUT2D eigenvalue weighted by molar-refractivity contribution is 0.0855. The van der Waals surface area contributed by atoms with Crippen LogP contribution in [0, 0.1) is 5.82 Å². The molecule has 1 heterocycles. The maximum absolute atomic E-state index is 13.4. The number of anilines is 1. The third kappa shape index (κ3) is 5.87. The summed E-state index contributed by atoms with van der Waals surface area (Å²) < 4.78 is 21.7. The Bertz CT molecular complexity index is 1170. The van der Waals surface area contributed by atoms with E-state index in [0.29, 0.717) is 11.5 Å². The van der Waals surface area contributed by atoms with Crippen molar-refractivity contribution in [3.8, 4) is 0 Å². The molecule has 1 unspecified atom stereocenters. The Labute approximate surface area is 195 Å². The second kappa shape index (κ2) is 11.2. The molecule has 33 heavy (non-hydrogen) atoms. The van der Waals surface area contributed by atoms with Crippen molar-refractivity contribution in [2.75, 3.05) is 18.2 Å². The number of aliphatic hydroxyl groups is 1. The molecule has 0 saturated carbocycles. The molecule has 0 bridgehead atoms. The molecule has 0 spiro atoms. The van der Waals surface area contributed by atoms with Gasteiger partial charge in [-0.15, -0.1) is 0 Å². The molecule has 1 atom stereocenters. The number of ether oxygens (including phenoxy) is 1. The molecule has 10 heteroatoms. The van der Waals surface area contributed by atoms with Gasteiger partial charge < -0.3 is 14.7 Å². The maximum Gasteiger partial charge on any atom is 0.332 e. The molecule has 1 aliphatic carbocycles. The standard InChI is InChI=1S/C23H26ClFN4O4/c1-26-21-20(22(31)29(12-3-13-30)23(32)27(21)2)28(14-16-4-8-18(25)9-5-16)15-33-19-10-6-17(24)7-11-19/h4-10,19,30H,1,3,11-15H2,2H3. The maximum atomic E-state index is 13.4. The first-order chi connectivity index (χ1) is 15.8. The second-order valence-corrected chi connectivity index (χ2v) is 7.98. The van der Waals surface area contributed by atoms with E-state index >= 15 is 0 Å². The summed E-state index contributed by atoms with van der Waals surface area (Å²) in [6.07, 6.45) is 5.95. The van der Waals surface area contributed by atoms with Crippen molar-refractivity contribution >= 4 is 29.8 Å². The number of hydrogen-bond donors (Lipinski definition) is 1. The molecule has 1 aromatic heterocycles. The zero-order valence-corrected chi connectivity index (χ0v) is 19.0. The lowest BCUT2D eigenvalue weighted by atomic mass is 10.1. The average Bonchev–Trinajstić information content (AvgIpc) is 2.81. The van der Waals surface area contributed by atoms with E-state index in [0.717, 1.165) is 10.1 Å². The van der Waals surface area contributed by atoms with Gasteiger partial charge >= 0.3 is 5.69 Å². The molecule has 176 valence electrons. The van der Waals surface area contributed by atoms with Crippen LogP contribution in [-0.4, -0.2) is 40.4 Å². The van der Waals surface area contributed by atoms with Gasteiger partial charge in [0.2, 0.25) is 0 Å². The van der Waals surface area contributed by atoms with Gasteiger partial charge in [0.05, 0.1) is 6.10 Å². The van der Waals surface area contributed by atoms with Gasteiger partial charge in [-0.3, -0.25) is 13.9 Å². The minimum Gasteiger partial charge on any atom is -0.396 e. The van der Waals surface area contributed by atoms with E-state index in [4.69, 9.17) is 16.3 Å². The highest BCUT2D eigenvalue weighted by Gasteiger charge is 2.23. The zero-order valence-electron chi connectivity index (χ0n) is 18.3. The van der Waals surface area contributed by atoms with E-state index in [1.165, 1.54) is 23.7 Å². The van der Waals surface area contributed by atoms with Crippen molar-refractivity contribution in [1.82, 2.24) is 9.13 Å². The first-order valence-electron chi connectivity index (χ1n) is 10.4. The highest BCUT2D eigenvalue weighted by molar-refractivity contribution is 6.31. The molecule has 8 nitrogen and oxygen atoms in total. The summed E-state index contributed by atoms with van der Waals surface area (Å²) >= 11 is 5.98. The predicted molar refractivity (Wildman–Crippen MR) is 127 cm³/mol. The Balaban J connectivity index is 2.04. The summed E-state index contributed by atoms with van der Waals surface area (Å²) in [4.78, 5) is 31.7. The third-order valence-electron chi connectivity index (χ3n) is 5.25. The molecule has 0 radical (unpaired) electrons. The van der Waals surface area contributed by atoms with Crippen molar-refractivity contribution in [2.24, 2.45) is 12.0 Å². The summed E-state index contributed by atoms with van der Waals surface area (Å²) in [6.45, 7) is 3.61. The normalized spacial score (nSPS) is 15.4. The fourth-order valence-corrected chi connectivity index (χ4v) is 3.67. The smallest absolute Gasteiger partial charge is 0.332 e. The number of hydrogen-bond acceptors (Lipinski definition) is 6. The minimum atomic E-state index is -0.568. The first kappa shape index (κ1) is 24.6. The van der Waals surface area contributed by atoms with Crippen LogP contribution in [0.4, 0.5) is 15.9 Å². The van der Waals surface area contributed by atoms with Gasteiger partial charge in [-0.2, -0.15) is 0 Å². The van der Waals surface area contributed by atoms with Crippen molar-refractivity contribution in [1.29, 1.82) is 0 Å². The summed E-state index contributed by atoms with van der Waals surface area (Å²) in [5.74, 6) is -0.280. The molecule has 0 saturated heterocycles. The van der Waals surface area contributed by atoms with Crippen molar-refractivity contribution in [3.05, 3.63) is 79.7 Å². The van der Waals surface area contributed by atoms with E-state index in [1.54, 1.807) is 23.1 Å². The topological polar surface area (TPSA) is 89.1 Å². The van der Waals surface area contributed by atoms with Crippen LogP contribution < -0.4 is 16.1 Å². The highest BCUT2D eigenvalue weighted by atomic mass is 35.5. The summed E-state index contributed by atoms with van der Waals surface area (Å²) in [5, 5.41) is 9.81. The molecule has 0 amide bonds. The van der Waals surface area contributed by atoms with Gasteiger partial charge in [-0.25, -0.2) is 14.2 Å². The number of benzene rings is 1. The van der Waals surface area contributed by atoms with E-state index < -0.39 is 11.2 Å². The van der Waals surface area contributed by atoms with E-state index in [9.17, 15) is 19.1 Å². The highest BCUT2D eigenvalue weighted by Crippen LogP contribution is 2.25. The number of aliphatic imine (C=N–C) groups is 1. The SMILES string of the molecule is C=Nc1c(N(COC2C=CC(Cl)=CC2)Cc2ccc(F)cc2)c(=O)n(CCCO)c(=O)n1C. The summed E-state index contributed by atoms with van der Waals surface area (Å²) in [6, 6.07) is 5.88. The molecule has 1 N–H and O–H groups in total. The molecular weight excluding hydrogens is 451 g/mol. The number of aromatic nitrogens is 2.